The predicted molar refractivity (Wildman–Crippen MR) is 108 cm³/mol. The van der Waals surface area contributed by atoms with Crippen LogP contribution in [0.4, 0.5) is 0 Å². The van der Waals surface area contributed by atoms with Gasteiger partial charge < -0.3 is 21.5 Å². The van der Waals surface area contributed by atoms with Gasteiger partial charge in [-0.2, -0.15) is 0 Å². The molecule has 0 atom stereocenters. The first-order chi connectivity index (χ1) is 14.1. The monoisotopic (exact) mass is 395 g/mol. The molecule has 0 aromatic heterocycles. The van der Waals surface area contributed by atoms with E-state index < -0.39 is 11.4 Å². The number of hydrogen-bond acceptors (Lipinski definition) is 4. The standard InChI is InChI=1S/C22H25N3O4/c23-8-7-22(21(28)29)19-5-1-15(11-24-13-26)9-17(19)3-4-18-10-16(12-25-14-27)2-6-20(18)22/h1-2,5-6,9-10,13-14H,3-4,7-8,11-12,23H2,(H,24,26)(H,25,27)(H,28,29). The quantitative estimate of drug-likeness (QED) is 0.472. The van der Waals surface area contributed by atoms with Crippen LogP contribution in [-0.2, 0) is 45.7 Å². The molecule has 2 aromatic rings. The zero-order valence-electron chi connectivity index (χ0n) is 16.1. The summed E-state index contributed by atoms with van der Waals surface area (Å²) >= 11 is 0. The first-order valence-corrected chi connectivity index (χ1v) is 9.59. The average molecular weight is 395 g/mol. The Labute approximate surface area is 169 Å². The molecule has 0 radical (unpaired) electrons. The van der Waals surface area contributed by atoms with Crippen LogP contribution in [0.1, 0.15) is 39.8 Å². The Morgan fingerprint density at radius 3 is 1.83 bits per heavy atom. The summed E-state index contributed by atoms with van der Waals surface area (Å²) in [7, 11) is 0. The number of aryl methyl sites for hydroxylation is 2. The van der Waals surface area contributed by atoms with E-state index in [2.05, 4.69) is 10.6 Å². The number of carbonyl (C=O) groups is 3. The maximum atomic E-state index is 12.7. The Morgan fingerprint density at radius 1 is 0.966 bits per heavy atom. The molecule has 2 aromatic carbocycles. The number of carboxylic acids is 1. The van der Waals surface area contributed by atoms with E-state index in [4.69, 9.17) is 5.73 Å². The van der Waals surface area contributed by atoms with Crippen molar-refractivity contribution in [3.8, 4) is 0 Å². The fourth-order valence-electron chi connectivity index (χ4n) is 4.32. The van der Waals surface area contributed by atoms with Crippen molar-refractivity contribution in [2.75, 3.05) is 6.54 Å². The Bertz CT molecular complexity index is 863. The highest BCUT2D eigenvalue weighted by Crippen LogP contribution is 2.43. The van der Waals surface area contributed by atoms with E-state index in [-0.39, 0.29) is 13.0 Å². The molecule has 5 N–H and O–H groups in total. The van der Waals surface area contributed by atoms with Gasteiger partial charge in [-0.1, -0.05) is 36.4 Å². The van der Waals surface area contributed by atoms with Gasteiger partial charge in [-0.3, -0.25) is 14.4 Å². The van der Waals surface area contributed by atoms with Crippen molar-refractivity contribution in [3.63, 3.8) is 0 Å². The van der Waals surface area contributed by atoms with Crippen LogP contribution >= 0.6 is 0 Å². The van der Waals surface area contributed by atoms with Gasteiger partial charge in [0.15, 0.2) is 0 Å². The topological polar surface area (TPSA) is 122 Å². The summed E-state index contributed by atoms with van der Waals surface area (Å²) < 4.78 is 0. The molecule has 1 aliphatic rings. The van der Waals surface area contributed by atoms with Gasteiger partial charge in [0.25, 0.3) is 0 Å². The van der Waals surface area contributed by atoms with Crippen LogP contribution in [0.2, 0.25) is 0 Å². The summed E-state index contributed by atoms with van der Waals surface area (Å²) in [4.78, 5) is 33.9. The highest BCUT2D eigenvalue weighted by molar-refractivity contribution is 5.87. The average Bonchev–Trinajstić information content (AvgIpc) is 2.86. The van der Waals surface area contributed by atoms with Crippen LogP contribution < -0.4 is 16.4 Å². The van der Waals surface area contributed by atoms with Crippen LogP contribution in [0.3, 0.4) is 0 Å². The second-order valence-electron chi connectivity index (χ2n) is 7.23. The van der Waals surface area contributed by atoms with E-state index in [1.165, 1.54) is 0 Å². The minimum absolute atomic E-state index is 0.230. The second kappa shape index (κ2) is 8.87. The van der Waals surface area contributed by atoms with Crippen molar-refractivity contribution in [2.24, 2.45) is 5.73 Å². The minimum Gasteiger partial charge on any atom is -0.480 e. The molecule has 152 valence electrons. The summed E-state index contributed by atoms with van der Waals surface area (Å²) in [6.45, 7) is 1.01. The van der Waals surface area contributed by atoms with Crippen molar-refractivity contribution in [1.29, 1.82) is 0 Å². The lowest BCUT2D eigenvalue weighted by Gasteiger charge is -2.32. The van der Waals surface area contributed by atoms with Gasteiger partial charge in [-0.25, -0.2) is 0 Å². The molecule has 2 amide bonds. The minimum atomic E-state index is -1.23. The summed E-state index contributed by atoms with van der Waals surface area (Å²) in [6, 6.07) is 11.4. The molecule has 0 saturated carbocycles. The number of nitrogens with two attached hydrogens (primary N) is 1. The van der Waals surface area contributed by atoms with Crippen LogP contribution in [0, 0.1) is 0 Å². The smallest absolute Gasteiger partial charge is 0.318 e. The molecular formula is C22H25N3O4. The van der Waals surface area contributed by atoms with E-state index in [9.17, 15) is 19.5 Å². The number of aliphatic carboxylic acids is 1. The molecule has 0 bridgehead atoms. The van der Waals surface area contributed by atoms with Gasteiger partial charge in [0.05, 0.1) is 0 Å². The number of rotatable bonds is 9. The first-order valence-electron chi connectivity index (χ1n) is 9.59. The van der Waals surface area contributed by atoms with E-state index in [1.54, 1.807) is 0 Å². The van der Waals surface area contributed by atoms with Crippen LogP contribution in [-0.4, -0.2) is 30.4 Å². The lowest BCUT2D eigenvalue weighted by molar-refractivity contribution is -0.142. The number of nitrogens with one attached hydrogen (secondary N) is 2. The third kappa shape index (κ3) is 3.86. The van der Waals surface area contributed by atoms with E-state index >= 15 is 0 Å². The Morgan fingerprint density at radius 2 is 1.45 bits per heavy atom. The van der Waals surface area contributed by atoms with Crippen LogP contribution in [0.15, 0.2) is 36.4 Å². The molecule has 7 nitrogen and oxygen atoms in total. The van der Waals surface area contributed by atoms with Crippen molar-refractivity contribution < 1.29 is 19.5 Å². The number of hydrogen-bond donors (Lipinski definition) is 4. The zero-order valence-corrected chi connectivity index (χ0v) is 16.1. The number of fused-ring (bicyclic) bond motifs is 2. The third-order valence-electron chi connectivity index (χ3n) is 5.59. The number of benzene rings is 2. The summed E-state index contributed by atoms with van der Waals surface area (Å²) in [5.74, 6) is -0.926. The fraction of sp³-hybridized carbons (Fsp3) is 0.318. The predicted octanol–water partition coefficient (Wildman–Crippen LogP) is 0.997. The van der Waals surface area contributed by atoms with E-state index in [0.717, 1.165) is 33.4 Å². The fourth-order valence-corrected chi connectivity index (χ4v) is 4.32. The normalized spacial score (nSPS) is 14.1. The number of amides is 2. The molecule has 0 spiro atoms. The van der Waals surface area contributed by atoms with Crippen molar-refractivity contribution in [1.82, 2.24) is 10.6 Å². The molecular weight excluding hydrogens is 370 g/mol. The summed E-state index contributed by atoms with van der Waals surface area (Å²) in [6.07, 6.45) is 2.93. The summed E-state index contributed by atoms with van der Waals surface area (Å²) in [5.41, 5.74) is 9.90. The summed E-state index contributed by atoms with van der Waals surface area (Å²) in [5, 5.41) is 15.7. The first kappa shape index (κ1) is 20.5. The van der Waals surface area contributed by atoms with Crippen molar-refractivity contribution >= 4 is 18.8 Å². The number of carbonyl (C=O) groups excluding carboxylic acids is 2. The highest BCUT2D eigenvalue weighted by atomic mass is 16.4. The number of carboxylic acid groups (broad SMARTS) is 1. The van der Waals surface area contributed by atoms with Crippen molar-refractivity contribution in [3.05, 3.63) is 69.8 Å². The molecule has 0 aliphatic heterocycles. The molecule has 1 aliphatic carbocycles. The van der Waals surface area contributed by atoms with Gasteiger partial charge in [-0.15, -0.1) is 0 Å². The molecule has 7 heteroatoms. The molecule has 29 heavy (non-hydrogen) atoms. The van der Waals surface area contributed by atoms with Gasteiger partial charge in [0, 0.05) is 13.1 Å². The molecule has 0 saturated heterocycles. The lowest BCUT2D eigenvalue weighted by atomic mass is 9.70. The van der Waals surface area contributed by atoms with Crippen LogP contribution in [0.5, 0.6) is 0 Å². The van der Waals surface area contributed by atoms with Crippen LogP contribution in [0.25, 0.3) is 0 Å². The Balaban J connectivity index is 2.16. The highest BCUT2D eigenvalue weighted by Gasteiger charge is 2.45. The molecule has 0 fully saturated rings. The second-order valence-corrected chi connectivity index (χ2v) is 7.23. The van der Waals surface area contributed by atoms with Gasteiger partial charge in [0.2, 0.25) is 12.8 Å². The maximum absolute atomic E-state index is 12.7. The molecule has 0 heterocycles. The Hall–Kier alpha value is -3.19. The Kier molecular flexibility index (Phi) is 6.29. The van der Waals surface area contributed by atoms with Gasteiger partial charge in [-0.05, 0) is 59.2 Å². The largest absolute Gasteiger partial charge is 0.480 e. The third-order valence-corrected chi connectivity index (χ3v) is 5.59. The lowest BCUT2D eigenvalue weighted by Crippen LogP contribution is -2.40. The van der Waals surface area contributed by atoms with E-state index in [1.807, 2.05) is 36.4 Å². The molecule has 3 rings (SSSR count). The van der Waals surface area contributed by atoms with Gasteiger partial charge >= 0.3 is 5.97 Å². The van der Waals surface area contributed by atoms with Crippen molar-refractivity contribution in [2.45, 2.75) is 37.8 Å². The SMILES string of the molecule is NCCC1(C(=O)O)c2ccc(CNC=O)cc2CCc2cc(CNC=O)ccc21. The molecule has 0 unspecified atom stereocenters. The maximum Gasteiger partial charge on any atom is 0.318 e. The van der Waals surface area contributed by atoms with E-state index in [0.29, 0.717) is 38.8 Å². The van der Waals surface area contributed by atoms with Gasteiger partial charge in [0.1, 0.15) is 5.41 Å². The zero-order chi connectivity index (χ0) is 20.9.